The quantitative estimate of drug-likeness (QED) is 0.941. The Balaban J connectivity index is 2.03. The van der Waals surface area contributed by atoms with Gasteiger partial charge in [-0.15, -0.1) is 0 Å². The van der Waals surface area contributed by atoms with Gasteiger partial charge in [0.05, 0.1) is 18.3 Å². The zero-order valence-corrected chi connectivity index (χ0v) is 12.6. The molecule has 0 saturated heterocycles. The fraction of sp³-hybridized carbons (Fsp3) is 0.294. The number of ether oxygens (including phenoxy) is 1. The zero-order valence-electron chi connectivity index (χ0n) is 11.8. The molecule has 3 nitrogen and oxygen atoms in total. The van der Waals surface area contributed by atoms with Gasteiger partial charge in [-0.3, -0.25) is 0 Å². The number of halogens is 1. The van der Waals surface area contributed by atoms with Crippen molar-refractivity contribution in [3.05, 3.63) is 59.1 Å². The Bertz CT molecular complexity index is 617. The van der Waals surface area contributed by atoms with Crippen molar-refractivity contribution in [3.63, 3.8) is 0 Å². The van der Waals surface area contributed by atoms with Crippen LogP contribution in [0.15, 0.2) is 48.5 Å². The van der Waals surface area contributed by atoms with Gasteiger partial charge in [-0.2, -0.15) is 0 Å². The van der Waals surface area contributed by atoms with Crippen molar-refractivity contribution in [1.29, 1.82) is 0 Å². The topological polar surface area (TPSA) is 38.5 Å². The Kier molecular flexibility index (Phi) is 4.32. The van der Waals surface area contributed by atoms with E-state index in [4.69, 9.17) is 22.1 Å². The van der Waals surface area contributed by atoms with Crippen LogP contribution < -0.4 is 15.4 Å². The Morgan fingerprint density at radius 2 is 1.90 bits per heavy atom. The van der Waals surface area contributed by atoms with Crippen molar-refractivity contribution >= 4 is 17.3 Å². The third-order valence-electron chi connectivity index (χ3n) is 3.84. The standard InChI is InChI=1S/C17H19ClN2O/c18-14-7-2-1-6-13(14)16(12-19)20-10-5-11-21-17-9-4-3-8-15(17)20/h1-4,6-9,16H,5,10-12,19H2. The highest BCUT2D eigenvalue weighted by molar-refractivity contribution is 6.31. The minimum Gasteiger partial charge on any atom is -0.491 e. The second-order valence-corrected chi connectivity index (χ2v) is 5.54. The summed E-state index contributed by atoms with van der Waals surface area (Å²) in [6.07, 6.45) is 0.968. The molecule has 0 spiro atoms. The van der Waals surface area contributed by atoms with Crippen LogP contribution in [0.4, 0.5) is 5.69 Å². The van der Waals surface area contributed by atoms with E-state index < -0.39 is 0 Å². The van der Waals surface area contributed by atoms with Gasteiger partial charge in [0.1, 0.15) is 5.75 Å². The first-order valence-electron chi connectivity index (χ1n) is 7.24. The maximum Gasteiger partial charge on any atom is 0.142 e. The second-order valence-electron chi connectivity index (χ2n) is 5.14. The van der Waals surface area contributed by atoms with Gasteiger partial charge >= 0.3 is 0 Å². The molecule has 0 aliphatic carbocycles. The molecule has 1 aliphatic rings. The summed E-state index contributed by atoms with van der Waals surface area (Å²) < 4.78 is 5.82. The molecule has 0 amide bonds. The molecule has 0 saturated carbocycles. The van der Waals surface area contributed by atoms with E-state index in [0.717, 1.165) is 41.6 Å². The molecule has 0 aromatic heterocycles. The number of nitrogens with zero attached hydrogens (tertiary/aromatic N) is 1. The van der Waals surface area contributed by atoms with Crippen LogP contribution in [0.25, 0.3) is 0 Å². The molecule has 1 atom stereocenters. The predicted octanol–water partition coefficient (Wildman–Crippen LogP) is 3.63. The molecular formula is C17H19ClN2O. The number of benzene rings is 2. The molecule has 1 unspecified atom stereocenters. The number of anilines is 1. The molecule has 1 aliphatic heterocycles. The summed E-state index contributed by atoms with van der Waals surface area (Å²) >= 11 is 6.37. The van der Waals surface area contributed by atoms with Crippen molar-refractivity contribution in [2.24, 2.45) is 5.73 Å². The first-order chi connectivity index (χ1) is 10.3. The SMILES string of the molecule is NCC(c1ccccc1Cl)N1CCCOc2ccccc21. The number of hydrogen-bond donors (Lipinski definition) is 1. The molecule has 21 heavy (non-hydrogen) atoms. The van der Waals surface area contributed by atoms with Crippen molar-refractivity contribution in [1.82, 2.24) is 0 Å². The van der Waals surface area contributed by atoms with Crippen LogP contribution in [-0.2, 0) is 0 Å². The average Bonchev–Trinajstić information content (AvgIpc) is 2.73. The number of hydrogen-bond acceptors (Lipinski definition) is 3. The van der Waals surface area contributed by atoms with E-state index in [9.17, 15) is 0 Å². The van der Waals surface area contributed by atoms with Crippen LogP contribution in [0.3, 0.4) is 0 Å². The lowest BCUT2D eigenvalue weighted by atomic mass is 10.0. The monoisotopic (exact) mass is 302 g/mol. The summed E-state index contributed by atoms with van der Waals surface area (Å²) in [7, 11) is 0. The highest BCUT2D eigenvalue weighted by Gasteiger charge is 2.25. The van der Waals surface area contributed by atoms with Crippen molar-refractivity contribution in [2.75, 3.05) is 24.6 Å². The van der Waals surface area contributed by atoms with E-state index in [1.54, 1.807) is 0 Å². The Hall–Kier alpha value is -1.71. The third kappa shape index (κ3) is 2.85. The molecular weight excluding hydrogens is 284 g/mol. The smallest absolute Gasteiger partial charge is 0.142 e. The minimum absolute atomic E-state index is 0.0570. The average molecular weight is 303 g/mol. The second kappa shape index (κ2) is 6.37. The Morgan fingerprint density at radius 1 is 1.14 bits per heavy atom. The molecule has 110 valence electrons. The number of nitrogens with two attached hydrogens (primary N) is 1. The lowest BCUT2D eigenvalue weighted by molar-refractivity contribution is 0.322. The summed E-state index contributed by atoms with van der Waals surface area (Å²) in [5.41, 5.74) is 8.23. The van der Waals surface area contributed by atoms with E-state index >= 15 is 0 Å². The molecule has 0 bridgehead atoms. The summed E-state index contributed by atoms with van der Waals surface area (Å²) in [6, 6.07) is 16.1. The van der Waals surface area contributed by atoms with E-state index in [1.165, 1.54) is 0 Å². The summed E-state index contributed by atoms with van der Waals surface area (Å²) in [6.45, 7) is 2.15. The van der Waals surface area contributed by atoms with Gasteiger partial charge in [0.2, 0.25) is 0 Å². The van der Waals surface area contributed by atoms with Crippen molar-refractivity contribution in [2.45, 2.75) is 12.5 Å². The van der Waals surface area contributed by atoms with Gasteiger partial charge in [0.15, 0.2) is 0 Å². The first-order valence-corrected chi connectivity index (χ1v) is 7.62. The highest BCUT2D eigenvalue weighted by Crippen LogP contribution is 2.37. The van der Waals surface area contributed by atoms with Gasteiger partial charge in [-0.05, 0) is 30.2 Å². The Morgan fingerprint density at radius 3 is 2.71 bits per heavy atom. The normalized spacial score (nSPS) is 15.8. The molecule has 1 heterocycles. The van der Waals surface area contributed by atoms with Crippen molar-refractivity contribution in [3.8, 4) is 5.75 Å². The van der Waals surface area contributed by atoms with Gasteiger partial charge in [-0.25, -0.2) is 0 Å². The largest absolute Gasteiger partial charge is 0.491 e. The third-order valence-corrected chi connectivity index (χ3v) is 4.18. The van der Waals surface area contributed by atoms with Gasteiger partial charge < -0.3 is 15.4 Å². The summed E-state index contributed by atoms with van der Waals surface area (Å²) in [5.74, 6) is 0.917. The Labute approximate surface area is 130 Å². The summed E-state index contributed by atoms with van der Waals surface area (Å²) in [5, 5.41) is 0.760. The van der Waals surface area contributed by atoms with Crippen LogP contribution in [0, 0.1) is 0 Å². The van der Waals surface area contributed by atoms with E-state index in [-0.39, 0.29) is 6.04 Å². The zero-order chi connectivity index (χ0) is 14.7. The number of para-hydroxylation sites is 2. The van der Waals surface area contributed by atoms with Gasteiger partial charge in [0, 0.05) is 18.1 Å². The van der Waals surface area contributed by atoms with E-state index in [2.05, 4.69) is 11.0 Å². The van der Waals surface area contributed by atoms with E-state index in [0.29, 0.717) is 6.54 Å². The summed E-state index contributed by atoms with van der Waals surface area (Å²) in [4.78, 5) is 2.31. The first kappa shape index (κ1) is 14.2. The van der Waals surface area contributed by atoms with Gasteiger partial charge in [-0.1, -0.05) is 41.9 Å². The number of rotatable bonds is 3. The lowest BCUT2D eigenvalue weighted by Crippen LogP contribution is -2.34. The fourth-order valence-electron chi connectivity index (χ4n) is 2.85. The maximum absolute atomic E-state index is 6.37. The van der Waals surface area contributed by atoms with Crippen LogP contribution >= 0.6 is 11.6 Å². The van der Waals surface area contributed by atoms with Gasteiger partial charge in [0.25, 0.3) is 0 Å². The molecule has 2 N–H and O–H groups in total. The van der Waals surface area contributed by atoms with E-state index in [1.807, 2.05) is 42.5 Å². The van der Waals surface area contributed by atoms with Crippen LogP contribution in [0.2, 0.25) is 5.02 Å². The molecule has 3 rings (SSSR count). The van der Waals surface area contributed by atoms with Crippen LogP contribution in [-0.4, -0.2) is 19.7 Å². The highest BCUT2D eigenvalue weighted by atomic mass is 35.5. The number of fused-ring (bicyclic) bond motifs is 1. The predicted molar refractivity (Wildman–Crippen MR) is 87.1 cm³/mol. The van der Waals surface area contributed by atoms with Crippen LogP contribution in [0.5, 0.6) is 5.75 Å². The minimum atomic E-state index is 0.0570. The molecule has 0 radical (unpaired) electrons. The molecule has 2 aromatic carbocycles. The van der Waals surface area contributed by atoms with Crippen molar-refractivity contribution < 1.29 is 4.74 Å². The fourth-order valence-corrected chi connectivity index (χ4v) is 3.11. The maximum atomic E-state index is 6.37. The lowest BCUT2D eigenvalue weighted by Gasteiger charge is -2.33. The molecule has 4 heteroatoms. The molecule has 0 fully saturated rings. The molecule has 2 aromatic rings. The van der Waals surface area contributed by atoms with Crippen LogP contribution in [0.1, 0.15) is 18.0 Å².